The maximum Gasteiger partial charge on any atom is 0.258 e. The molecule has 1 saturated heterocycles. The lowest BCUT2D eigenvalue weighted by atomic mass is 10.2. The van der Waals surface area contributed by atoms with Crippen LogP contribution < -0.4 is 5.73 Å². The number of nitrogens with two attached hydrogens (primary N) is 1. The van der Waals surface area contributed by atoms with Gasteiger partial charge in [0.2, 0.25) is 10.0 Å². The molecule has 2 N–H and O–H groups in total. The fourth-order valence-corrected chi connectivity index (χ4v) is 5.12. The Morgan fingerprint density at radius 1 is 1.46 bits per heavy atom. The normalized spacial score (nSPS) is 18.3. The van der Waals surface area contributed by atoms with Crippen LogP contribution in [0.15, 0.2) is 39.2 Å². The summed E-state index contributed by atoms with van der Waals surface area (Å²) in [6, 6.07) is 4.75. The third kappa shape index (κ3) is 3.69. The molecule has 7 nitrogen and oxygen atoms in total. The van der Waals surface area contributed by atoms with Crippen molar-refractivity contribution in [1.82, 2.24) is 4.31 Å². The van der Waals surface area contributed by atoms with Gasteiger partial charge in [0.1, 0.15) is 5.76 Å². The van der Waals surface area contributed by atoms with E-state index in [0.717, 1.165) is 24.2 Å². The van der Waals surface area contributed by atoms with Gasteiger partial charge in [-0.05, 0) is 31.0 Å². The molecule has 0 unspecified atom stereocenters. The van der Waals surface area contributed by atoms with Gasteiger partial charge >= 0.3 is 0 Å². The van der Waals surface area contributed by atoms with E-state index in [2.05, 4.69) is 0 Å². The zero-order chi connectivity index (χ0) is 17.2. The Bertz CT molecular complexity index is 792. The van der Waals surface area contributed by atoms with E-state index in [0.29, 0.717) is 12.4 Å². The van der Waals surface area contributed by atoms with Crippen LogP contribution in [0.4, 0.5) is 0 Å². The Morgan fingerprint density at radius 2 is 2.29 bits per heavy atom. The summed E-state index contributed by atoms with van der Waals surface area (Å²) in [6.45, 7) is 0.991. The topological polar surface area (TPSA) is 103 Å². The van der Waals surface area contributed by atoms with Crippen LogP contribution in [-0.4, -0.2) is 37.9 Å². The molecule has 3 heterocycles. The van der Waals surface area contributed by atoms with Gasteiger partial charge in [-0.3, -0.25) is 4.79 Å². The number of carbonyl (C=O) groups excluding carboxylic acids is 1. The van der Waals surface area contributed by atoms with Crippen molar-refractivity contribution in [3.63, 3.8) is 0 Å². The molecule has 0 saturated carbocycles. The predicted molar refractivity (Wildman–Crippen MR) is 88.1 cm³/mol. The standard InChI is InChI=1S/C15H18N2O5S2/c16-15(18)14-7-13(10-23-14)24(19,20)17(8-11-3-1-5-21-11)9-12-4-2-6-22-12/h1,3,5,7,10,12H,2,4,6,8-9H2,(H2,16,18)/t12-/m1/s1. The predicted octanol–water partition coefficient (Wildman–Crippen LogP) is 1.81. The number of primary amides is 1. The molecular weight excluding hydrogens is 352 g/mol. The number of carbonyl (C=O) groups is 1. The van der Waals surface area contributed by atoms with Gasteiger partial charge in [-0.1, -0.05) is 0 Å². The fraction of sp³-hybridized carbons (Fsp3) is 0.400. The highest BCUT2D eigenvalue weighted by Gasteiger charge is 2.31. The van der Waals surface area contributed by atoms with E-state index in [1.807, 2.05) is 0 Å². The lowest BCUT2D eigenvalue weighted by molar-refractivity contribution is 0.0914. The summed E-state index contributed by atoms with van der Waals surface area (Å²) >= 11 is 1.02. The third-order valence-electron chi connectivity index (χ3n) is 3.80. The van der Waals surface area contributed by atoms with Gasteiger partial charge in [0.25, 0.3) is 5.91 Å². The molecule has 1 fully saturated rings. The molecule has 0 aromatic carbocycles. The molecule has 2 aromatic rings. The summed E-state index contributed by atoms with van der Waals surface area (Å²) in [7, 11) is -3.78. The minimum absolute atomic E-state index is 0.0610. The van der Waals surface area contributed by atoms with E-state index in [1.54, 1.807) is 12.1 Å². The minimum Gasteiger partial charge on any atom is -0.468 e. The highest BCUT2D eigenvalue weighted by atomic mass is 32.2. The molecule has 2 aromatic heterocycles. The van der Waals surface area contributed by atoms with E-state index in [9.17, 15) is 13.2 Å². The monoisotopic (exact) mass is 370 g/mol. The van der Waals surface area contributed by atoms with E-state index < -0.39 is 15.9 Å². The van der Waals surface area contributed by atoms with E-state index in [-0.39, 0.29) is 29.0 Å². The molecule has 1 aliphatic heterocycles. The second kappa shape index (κ2) is 7.06. The van der Waals surface area contributed by atoms with E-state index >= 15 is 0 Å². The number of hydrogen-bond donors (Lipinski definition) is 1. The smallest absolute Gasteiger partial charge is 0.258 e. The Kier molecular flexibility index (Phi) is 5.04. The van der Waals surface area contributed by atoms with Gasteiger partial charge in [-0.15, -0.1) is 11.3 Å². The summed E-state index contributed by atoms with van der Waals surface area (Å²) in [5, 5.41) is 1.43. The Morgan fingerprint density at radius 3 is 2.88 bits per heavy atom. The number of sulfonamides is 1. The van der Waals surface area contributed by atoms with Crippen molar-refractivity contribution >= 4 is 27.3 Å². The SMILES string of the molecule is NC(=O)c1cc(S(=O)(=O)N(Cc2ccco2)C[C@H]2CCCO2)cs1. The molecule has 1 amide bonds. The van der Waals surface area contributed by atoms with Crippen molar-refractivity contribution in [2.24, 2.45) is 5.73 Å². The first-order chi connectivity index (χ1) is 11.5. The number of ether oxygens (including phenoxy) is 1. The Balaban J connectivity index is 1.87. The minimum atomic E-state index is -3.78. The van der Waals surface area contributed by atoms with Gasteiger partial charge < -0.3 is 14.9 Å². The quantitative estimate of drug-likeness (QED) is 0.801. The first-order valence-corrected chi connectivity index (χ1v) is 9.81. The molecule has 0 bridgehead atoms. The molecule has 9 heteroatoms. The van der Waals surface area contributed by atoms with Crippen LogP contribution in [0.1, 0.15) is 28.3 Å². The van der Waals surface area contributed by atoms with E-state index in [4.69, 9.17) is 14.9 Å². The first kappa shape index (κ1) is 17.2. The summed E-state index contributed by atoms with van der Waals surface area (Å²) in [4.78, 5) is 11.5. The zero-order valence-corrected chi connectivity index (χ0v) is 14.5. The van der Waals surface area contributed by atoms with Crippen molar-refractivity contribution in [3.05, 3.63) is 40.5 Å². The van der Waals surface area contributed by atoms with Crippen LogP contribution in [-0.2, 0) is 21.3 Å². The highest BCUT2D eigenvalue weighted by Crippen LogP contribution is 2.26. The average Bonchev–Trinajstić information content (AvgIpc) is 3.29. The molecule has 0 radical (unpaired) electrons. The number of thiophene rings is 1. The molecule has 0 spiro atoms. The number of rotatable bonds is 7. The largest absolute Gasteiger partial charge is 0.468 e. The molecule has 24 heavy (non-hydrogen) atoms. The first-order valence-electron chi connectivity index (χ1n) is 7.49. The number of furan rings is 1. The molecule has 1 atom stereocenters. The lowest BCUT2D eigenvalue weighted by Crippen LogP contribution is -2.36. The van der Waals surface area contributed by atoms with E-state index in [1.165, 1.54) is 22.0 Å². The van der Waals surface area contributed by atoms with Crippen molar-refractivity contribution < 1.29 is 22.4 Å². The van der Waals surface area contributed by atoms with Crippen LogP contribution in [0, 0.1) is 0 Å². The summed E-state index contributed by atoms with van der Waals surface area (Å²) in [5.41, 5.74) is 5.22. The van der Waals surface area contributed by atoms with Gasteiger partial charge in [0, 0.05) is 18.5 Å². The van der Waals surface area contributed by atoms with Crippen molar-refractivity contribution in [2.45, 2.75) is 30.4 Å². The Hall–Kier alpha value is -1.68. The van der Waals surface area contributed by atoms with Crippen molar-refractivity contribution in [2.75, 3.05) is 13.2 Å². The van der Waals surface area contributed by atoms with Gasteiger partial charge in [0.15, 0.2) is 0 Å². The maximum absolute atomic E-state index is 13.0. The molecule has 1 aliphatic rings. The van der Waals surface area contributed by atoms with Crippen LogP contribution >= 0.6 is 11.3 Å². The molecule has 130 valence electrons. The maximum atomic E-state index is 13.0. The van der Waals surface area contributed by atoms with Crippen molar-refractivity contribution in [3.8, 4) is 0 Å². The van der Waals surface area contributed by atoms with Crippen LogP contribution in [0.25, 0.3) is 0 Å². The van der Waals surface area contributed by atoms with Crippen LogP contribution in [0.5, 0.6) is 0 Å². The number of amides is 1. The summed E-state index contributed by atoms with van der Waals surface area (Å²) < 4.78 is 38.1. The third-order valence-corrected chi connectivity index (χ3v) is 6.68. The van der Waals surface area contributed by atoms with Crippen LogP contribution in [0.3, 0.4) is 0 Å². The fourth-order valence-electron chi connectivity index (χ4n) is 2.57. The average molecular weight is 370 g/mol. The van der Waals surface area contributed by atoms with Gasteiger partial charge in [-0.2, -0.15) is 4.31 Å². The molecule has 0 aliphatic carbocycles. The van der Waals surface area contributed by atoms with Gasteiger partial charge in [-0.25, -0.2) is 8.42 Å². The van der Waals surface area contributed by atoms with Crippen LogP contribution in [0.2, 0.25) is 0 Å². The second-order valence-corrected chi connectivity index (χ2v) is 8.37. The number of nitrogens with zero attached hydrogens (tertiary/aromatic N) is 1. The molecular formula is C15H18N2O5S2. The summed E-state index contributed by atoms with van der Waals surface area (Å²) in [6.07, 6.45) is 3.11. The number of hydrogen-bond acceptors (Lipinski definition) is 6. The highest BCUT2D eigenvalue weighted by molar-refractivity contribution is 7.89. The summed E-state index contributed by atoms with van der Waals surface area (Å²) in [5.74, 6) is -0.0971. The zero-order valence-electron chi connectivity index (χ0n) is 12.9. The molecule has 3 rings (SSSR count). The Labute approximate surface area is 144 Å². The van der Waals surface area contributed by atoms with Crippen molar-refractivity contribution in [1.29, 1.82) is 0 Å². The second-order valence-electron chi connectivity index (χ2n) is 5.52. The lowest BCUT2D eigenvalue weighted by Gasteiger charge is -2.23. The van der Waals surface area contributed by atoms with Gasteiger partial charge in [0.05, 0.1) is 28.7 Å².